The third kappa shape index (κ3) is 4.34. The number of nitrogens with zero attached hydrogens (tertiary/aromatic N) is 2. The molecule has 1 saturated heterocycles. The second-order valence-corrected chi connectivity index (χ2v) is 7.09. The van der Waals surface area contributed by atoms with Crippen molar-refractivity contribution in [2.24, 2.45) is 0 Å². The maximum Gasteiger partial charge on any atom is 0.255 e. The van der Waals surface area contributed by atoms with Gasteiger partial charge < -0.3 is 14.8 Å². The molecule has 146 valence electrons. The number of piperazine rings is 1. The fourth-order valence-electron chi connectivity index (χ4n) is 3.70. The molecule has 1 aromatic heterocycles. The number of amides is 1. The van der Waals surface area contributed by atoms with Gasteiger partial charge in [-0.3, -0.25) is 4.79 Å². The van der Waals surface area contributed by atoms with Crippen LogP contribution in [0, 0.1) is 6.92 Å². The zero-order valence-electron chi connectivity index (χ0n) is 16.8. The molecule has 1 aliphatic rings. The minimum Gasteiger partial charge on any atom is -0.336 e. The lowest BCUT2D eigenvalue weighted by molar-refractivity contribution is 0.0734. The molecule has 28 heavy (non-hydrogen) atoms. The fourth-order valence-corrected chi connectivity index (χ4v) is 3.70. The van der Waals surface area contributed by atoms with Gasteiger partial charge in [0.25, 0.3) is 5.91 Å². The number of rotatable bonds is 6. The molecule has 2 heterocycles. The van der Waals surface area contributed by atoms with Crippen molar-refractivity contribution in [1.82, 2.24) is 14.8 Å². The molecule has 0 bridgehead atoms. The number of benzene rings is 1. The molecule has 1 aromatic carbocycles. The highest BCUT2D eigenvalue weighted by atomic mass is 16.2. The van der Waals surface area contributed by atoms with Crippen molar-refractivity contribution in [3.63, 3.8) is 0 Å². The summed E-state index contributed by atoms with van der Waals surface area (Å²) in [5, 5.41) is 3.31. The van der Waals surface area contributed by atoms with Gasteiger partial charge in [0.2, 0.25) is 0 Å². The SMILES string of the molecule is C=C/C=C\C=C/C(C)c1c(C(=O)N2CCNCC2)cc(C)n1-c1ccccc1. The summed E-state index contributed by atoms with van der Waals surface area (Å²) in [6.45, 7) is 11.1. The van der Waals surface area contributed by atoms with Gasteiger partial charge in [-0.15, -0.1) is 0 Å². The molecule has 0 aliphatic carbocycles. The first-order valence-corrected chi connectivity index (χ1v) is 9.87. The Balaban J connectivity index is 2.06. The topological polar surface area (TPSA) is 37.3 Å². The van der Waals surface area contributed by atoms with Crippen molar-refractivity contribution < 1.29 is 4.79 Å². The maximum atomic E-state index is 13.3. The third-order valence-corrected chi connectivity index (χ3v) is 5.06. The first-order chi connectivity index (χ1) is 13.6. The molecule has 1 fully saturated rings. The summed E-state index contributed by atoms with van der Waals surface area (Å²) in [6.07, 6.45) is 9.76. The van der Waals surface area contributed by atoms with Crippen LogP contribution in [0.4, 0.5) is 0 Å². The van der Waals surface area contributed by atoms with Gasteiger partial charge in [-0.2, -0.15) is 0 Å². The monoisotopic (exact) mass is 375 g/mol. The minimum absolute atomic E-state index is 0.0882. The molecule has 1 N–H and O–H groups in total. The first-order valence-electron chi connectivity index (χ1n) is 9.87. The van der Waals surface area contributed by atoms with Crippen molar-refractivity contribution >= 4 is 5.91 Å². The second-order valence-electron chi connectivity index (χ2n) is 7.09. The van der Waals surface area contributed by atoms with Gasteiger partial charge in [-0.25, -0.2) is 0 Å². The largest absolute Gasteiger partial charge is 0.336 e. The predicted octanol–water partition coefficient (Wildman–Crippen LogP) is 4.23. The molecular formula is C24H29N3O. The van der Waals surface area contributed by atoms with Crippen LogP contribution in [0.2, 0.25) is 0 Å². The molecule has 0 saturated carbocycles. The highest BCUT2D eigenvalue weighted by Crippen LogP contribution is 2.30. The first kappa shape index (κ1) is 19.9. The molecule has 0 radical (unpaired) electrons. The maximum absolute atomic E-state index is 13.3. The van der Waals surface area contributed by atoms with Gasteiger partial charge in [0.15, 0.2) is 0 Å². The van der Waals surface area contributed by atoms with Crippen LogP contribution in [0.25, 0.3) is 5.69 Å². The number of nitrogens with one attached hydrogen (secondary N) is 1. The Bertz CT molecular complexity index is 871. The van der Waals surface area contributed by atoms with Crippen molar-refractivity contribution in [2.75, 3.05) is 26.2 Å². The molecule has 0 spiro atoms. The van der Waals surface area contributed by atoms with Crippen molar-refractivity contribution in [2.45, 2.75) is 19.8 Å². The van der Waals surface area contributed by atoms with Gasteiger partial charge in [-0.1, -0.05) is 62.1 Å². The van der Waals surface area contributed by atoms with Crippen LogP contribution in [-0.4, -0.2) is 41.6 Å². The molecular weight excluding hydrogens is 346 g/mol. The van der Waals surface area contributed by atoms with E-state index in [4.69, 9.17) is 0 Å². The fraction of sp³-hybridized carbons (Fsp3) is 0.292. The Morgan fingerprint density at radius 2 is 1.86 bits per heavy atom. The van der Waals surface area contributed by atoms with Gasteiger partial charge in [0.1, 0.15) is 0 Å². The summed E-state index contributed by atoms with van der Waals surface area (Å²) in [4.78, 5) is 15.3. The Kier molecular flexibility index (Phi) is 6.66. The highest BCUT2D eigenvalue weighted by molar-refractivity contribution is 5.96. The highest BCUT2D eigenvalue weighted by Gasteiger charge is 2.26. The third-order valence-electron chi connectivity index (χ3n) is 5.06. The van der Waals surface area contributed by atoms with Gasteiger partial charge in [-0.05, 0) is 25.1 Å². The summed E-state index contributed by atoms with van der Waals surface area (Å²) in [5.74, 6) is 0.210. The van der Waals surface area contributed by atoms with Crippen molar-refractivity contribution in [1.29, 1.82) is 0 Å². The lowest BCUT2D eigenvalue weighted by atomic mass is 10.0. The normalized spacial score (nSPS) is 16.0. The quantitative estimate of drug-likeness (QED) is 0.767. The Labute approximate surface area is 167 Å². The van der Waals surface area contributed by atoms with E-state index in [1.165, 1.54) is 0 Å². The molecule has 1 unspecified atom stereocenters. The standard InChI is InChI=1S/C24H29N3O/c1-4-5-6-8-11-19(2)23-22(24(28)26-16-14-25-15-17-26)18-20(3)27(23)21-12-9-7-10-13-21/h4-13,18-19,25H,1,14-17H2,2-3H3/b6-5-,11-8-. The lowest BCUT2D eigenvalue weighted by Crippen LogP contribution is -2.46. The molecule has 1 amide bonds. The summed E-state index contributed by atoms with van der Waals surface area (Å²) in [6, 6.07) is 12.3. The van der Waals surface area contributed by atoms with Gasteiger partial charge in [0, 0.05) is 49.2 Å². The Hall–Kier alpha value is -2.85. The minimum atomic E-state index is 0.0882. The zero-order chi connectivity index (χ0) is 19.9. The number of aryl methyl sites for hydroxylation is 1. The molecule has 4 heteroatoms. The van der Waals surface area contributed by atoms with E-state index in [9.17, 15) is 4.79 Å². The summed E-state index contributed by atoms with van der Waals surface area (Å²) in [5.41, 5.74) is 3.99. The molecule has 4 nitrogen and oxygen atoms in total. The number of para-hydroxylation sites is 1. The van der Waals surface area contributed by atoms with Gasteiger partial charge >= 0.3 is 0 Å². The predicted molar refractivity (Wildman–Crippen MR) is 116 cm³/mol. The Morgan fingerprint density at radius 1 is 1.14 bits per heavy atom. The van der Waals surface area contributed by atoms with E-state index in [-0.39, 0.29) is 11.8 Å². The summed E-state index contributed by atoms with van der Waals surface area (Å²) < 4.78 is 2.21. The van der Waals surface area contributed by atoms with E-state index in [0.717, 1.165) is 48.8 Å². The van der Waals surface area contributed by atoms with E-state index < -0.39 is 0 Å². The molecule has 1 atom stereocenters. The van der Waals surface area contributed by atoms with Crippen molar-refractivity contribution in [3.8, 4) is 5.69 Å². The number of hydrogen-bond donors (Lipinski definition) is 1. The van der Waals surface area contributed by atoms with Crippen LogP contribution in [0.3, 0.4) is 0 Å². The average molecular weight is 376 g/mol. The van der Waals surface area contributed by atoms with Crippen LogP contribution >= 0.6 is 0 Å². The van der Waals surface area contributed by atoms with Crippen molar-refractivity contribution in [3.05, 3.63) is 90.3 Å². The van der Waals surface area contributed by atoms with E-state index in [1.807, 2.05) is 47.4 Å². The zero-order valence-corrected chi connectivity index (χ0v) is 16.8. The van der Waals surface area contributed by atoms with Crippen LogP contribution in [0.5, 0.6) is 0 Å². The van der Waals surface area contributed by atoms with Crippen LogP contribution in [0.1, 0.15) is 34.6 Å². The number of carbonyl (C=O) groups is 1. The average Bonchev–Trinajstić information content (AvgIpc) is 3.09. The molecule has 1 aliphatic heterocycles. The van der Waals surface area contributed by atoms with E-state index in [2.05, 4.69) is 48.5 Å². The smallest absolute Gasteiger partial charge is 0.255 e. The van der Waals surface area contributed by atoms with E-state index >= 15 is 0 Å². The number of aromatic nitrogens is 1. The number of allylic oxidation sites excluding steroid dienone is 5. The van der Waals surface area contributed by atoms with Crippen LogP contribution < -0.4 is 5.32 Å². The van der Waals surface area contributed by atoms with Crippen LogP contribution in [-0.2, 0) is 0 Å². The molecule has 3 rings (SSSR count). The number of hydrogen-bond acceptors (Lipinski definition) is 2. The van der Waals surface area contributed by atoms with E-state index in [0.29, 0.717) is 0 Å². The summed E-state index contributed by atoms with van der Waals surface area (Å²) >= 11 is 0. The summed E-state index contributed by atoms with van der Waals surface area (Å²) in [7, 11) is 0. The number of carbonyl (C=O) groups excluding carboxylic acids is 1. The molecule has 2 aromatic rings. The van der Waals surface area contributed by atoms with E-state index in [1.54, 1.807) is 6.08 Å². The van der Waals surface area contributed by atoms with Gasteiger partial charge in [0.05, 0.1) is 5.56 Å². The lowest BCUT2D eigenvalue weighted by Gasteiger charge is -2.28. The Morgan fingerprint density at radius 3 is 2.54 bits per heavy atom. The second kappa shape index (κ2) is 9.38. The van der Waals surface area contributed by atoms with Crippen LogP contribution in [0.15, 0.2) is 73.4 Å².